The Morgan fingerprint density at radius 1 is 0.962 bits per heavy atom. The van der Waals surface area contributed by atoms with Crippen molar-refractivity contribution in [3.8, 4) is 11.3 Å². The predicted molar refractivity (Wildman–Crippen MR) is 102 cm³/mol. The molecule has 2 aromatic carbocycles. The summed E-state index contributed by atoms with van der Waals surface area (Å²) in [5.74, 6) is -0.108. The topological polar surface area (TPSA) is 59.8 Å². The van der Waals surface area contributed by atoms with Gasteiger partial charge in [0.25, 0.3) is 5.91 Å². The molecule has 4 aromatic rings. The van der Waals surface area contributed by atoms with E-state index in [4.69, 9.17) is 0 Å². The summed E-state index contributed by atoms with van der Waals surface area (Å²) in [5, 5.41) is 9.16. The maximum absolute atomic E-state index is 12.7. The van der Waals surface area contributed by atoms with Crippen molar-refractivity contribution in [3.05, 3.63) is 84.3 Å². The van der Waals surface area contributed by atoms with E-state index < -0.39 is 0 Å². The summed E-state index contributed by atoms with van der Waals surface area (Å²) in [6, 6.07) is 19.4. The van der Waals surface area contributed by atoms with Crippen molar-refractivity contribution in [2.24, 2.45) is 7.05 Å². The van der Waals surface area contributed by atoms with Gasteiger partial charge in [-0.2, -0.15) is 5.10 Å². The highest BCUT2D eigenvalue weighted by Crippen LogP contribution is 2.30. The molecule has 2 aromatic heterocycles. The summed E-state index contributed by atoms with van der Waals surface area (Å²) in [6.07, 6.45) is 3.50. The van der Waals surface area contributed by atoms with Crippen LogP contribution in [0, 0.1) is 0 Å². The SMILES string of the molecule is Cn1nccc1-c1cccc2c(C(=O)NCc3ccccn3)cccc12. The highest BCUT2D eigenvalue weighted by atomic mass is 16.1. The van der Waals surface area contributed by atoms with Gasteiger partial charge in [-0.3, -0.25) is 14.5 Å². The molecule has 2 heterocycles. The number of nitrogens with zero attached hydrogens (tertiary/aromatic N) is 3. The van der Waals surface area contributed by atoms with Gasteiger partial charge in [0.15, 0.2) is 0 Å². The second kappa shape index (κ2) is 6.80. The molecule has 0 atom stereocenters. The van der Waals surface area contributed by atoms with Crippen LogP contribution in [-0.4, -0.2) is 20.7 Å². The summed E-state index contributed by atoms with van der Waals surface area (Å²) >= 11 is 0. The normalized spacial score (nSPS) is 10.8. The molecule has 128 valence electrons. The molecule has 5 heteroatoms. The first-order valence-corrected chi connectivity index (χ1v) is 8.42. The van der Waals surface area contributed by atoms with Gasteiger partial charge in [-0.05, 0) is 35.0 Å². The molecule has 5 nitrogen and oxygen atoms in total. The molecule has 0 saturated carbocycles. The van der Waals surface area contributed by atoms with Crippen LogP contribution in [0.3, 0.4) is 0 Å². The fourth-order valence-corrected chi connectivity index (χ4v) is 3.14. The van der Waals surface area contributed by atoms with E-state index in [-0.39, 0.29) is 5.91 Å². The zero-order valence-corrected chi connectivity index (χ0v) is 14.4. The van der Waals surface area contributed by atoms with Crippen molar-refractivity contribution >= 4 is 16.7 Å². The molecule has 0 bridgehead atoms. The van der Waals surface area contributed by atoms with E-state index in [0.29, 0.717) is 12.1 Å². The minimum atomic E-state index is -0.108. The number of nitrogens with one attached hydrogen (secondary N) is 1. The monoisotopic (exact) mass is 342 g/mol. The number of rotatable bonds is 4. The summed E-state index contributed by atoms with van der Waals surface area (Å²) in [6.45, 7) is 0.400. The van der Waals surface area contributed by atoms with Crippen LogP contribution >= 0.6 is 0 Å². The Morgan fingerprint density at radius 3 is 2.58 bits per heavy atom. The van der Waals surface area contributed by atoms with Crippen LogP contribution in [0.15, 0.2) is 73.1 Å². The van der Waals surface area contributed by atoms with Crippen LogP contribution in [0.2, 0.25) is 0 Å². The maximum Gasteiger partial charge on any atom is 0.252 e. The van der Waals surface area contributed by atoms with E-state index in [1.54, 1.807) is 12.4 Å². The molecule has 0 aliphatic carbocycles. The summed E-state index contributed by atoms with van der Waals surface area (Å²) in [4.78, 5) is 17.0. The van der Waals surface area contributed by atoms with Gasteiger partial charge in [-0.25, -0.2) is 0 Å². The quantitative estimate of drug-likeness (QED) is 0.617. The number of hydrogen-bond acceptors (Lipinski definition) is 3. The first-order chi connectivity index (χ1) is 12.7. The van der Waals surface area contributed by atoms with Gasteiger partial charge in [-0.1, -0.05) is 36.4 Å². The lowest BCUT2D eigenvalue weighted by atomic mass is 9.98. The summed E-state index contributed by atoms with van der Waals surface area (Å²) in [7, 11) is 1.91. The highest BCUT2D eigenvalue weighted by molar-refractivity contribution is 6.10. The lowest BCUT2D eigenvalue weighted by Gasteiger charge is -2.11. The Hall–Kier alpha value is -3.47. The molecular formula is C21H18N4O. The fraction of sp³-hybridized carbons (Fsp3) is 0.0952. The number of amides is 1. The predicted octanol–water partition coefficient (Wildman–Crippen LogP) is 3.57. The Morgan fingerprint density at radius 2 is 1.81 bits per heavy atom. The average molecular weight is 342 g/mol. The zero-order valence-electron chi connectivity index (χ0n) is 14.4. The number of aryl methyl sites for hydroxylation is 1. The third kappa shape index (κ3) is 2.95. The average Bonchev–Trinajstić information content (AvgIpc) is 3.11. The van der Waals surface area contributed by atoms with Crippen molar-refractivity contribution in [3.63, 3.8) is 0 Å². The third-order valence-corrected chi connectivity index (χ3v) is 4.42. The van der Waals surface area contributed by atoms with Gasteiger partial charge in [-0.15, -0.1) is 0 Å². The highest BCUT2D eigenvalue weighted by Gasteiger charge is 2.13. The summed E-state index contributed by atoms with van der Waals surface area (Å²) in [5.41, 5.74) is 3.56. The molecule has 0 fully saturated rings. The van der Waals surface area contributed by atoms with E-state index >= 15 is 0 Å². The Labute approximate surface area is 151 Å². The van der Waals surface area contributed by atoms with Crippen molar-refractivity contribution in [2.75, 3.05) is 0 Å². The number of carbonyl (C=O) groups excluding carboxylic acids is 1. The van der Waals surface area contributed by atoms with Crippen LogP contribution in [0.4, 0.5) is 0 Å². The Kier molecular flexibility index (Phi) is 4.19. The largest absolute Gasteiger partial charge is 0.346 e. The van der Waals surface area contributed by atoms with Crippen LogP contribution in [0.5, 0.6) is 0 Å². The molecule has 0 unspecified atom stereocenters. The van der Waals surface area contributed by atoms with E-state index in [9.17, 15) is 4.79 Å². The minimum absolute atomic E-state index is 0.108. The molecular weight excluding hydrogens is 324 g/mol. The zero-order chi connectivity index (χ0) is 17.9. The number of fused-ring (bicyclic) bond motifs is 1. The maximum atomic E-state index is 12.7. The second-order valence-corrected chi connectivity index (χ2v) is 6.05. The number of aromatic nitrogens is 3. The van der Waals surface area contributed by atoms with E-state index in [1.165, 1.54) is 0 Å². The van der Waals surface area contributed by atoms with Crippen molar-refractivity contribution in [1.82, 2.24) is 20.1 Å². The molecule has 1 amide bonds. The van der Waals surface area contributed by atoms with Gasteiger partial charge in [0, 0.05) is 30.6 Å². The van der Waals surface area contributed by atoms with E-state index in [2.05, 4.69) is 21.5 Å². The molecule has 4 rings (SSSR count). The molecule has 0 aliphatic heterocycles. The standard InChI is InChI=1S/C21H18N4O/c1-25-20(11-13-24-25)18-9-4-8-17-16(18)7-5-10-19(17)21(26)23-14-15-6-2-3-12-22-15/h2-13H,14H2,1H3,(H,23,26). The van der Waals surface area contributed by atoms with Crippen molar-refractivity contribution in [1.29, 1.82) is 0 Å². The molecule has 0 radical (unpaired) electrons. The minimum Gasteiger partial charge on any atom is -0.346 e. The third-order valence-electron chi connectivity index (χ3n) is 4.42. The molecule has 1 N–H and O–H groups in total. The van der Waals surface area contributed by atoms with E-state index in [1.807, 2.05) is 66.3 Å². The molecule has 0 spiro atoms. The Balaban J connectivity index is 1.70. The lowest BCUT2D eigenvalue weighted by Crippen LogP contribution is -2.23. The molecule has 0 aliphatic rings. The number of pyridine rings is 1. The summed E-state index contributed by atoms with van der Waals surface area (Å²) < 4.78 is 1.84. The number of benzene rings is 2. The van der Waals surface area contributed by atoms with Crippen molar-refractivity contribution < 1.29 is 4.79 Å². The smallest absolute Gasteiger partial charge is 0.252 e. The number of hydrogen-bond donors (Lipinski definition) is 1. The van der Waals surface area contributed by atoms with Crippen LogP contribution < -0.4 is 5.32 Å². The van der Waals surface area contributed by atoms with Gasteiger partial charge in [0.1, 0.15) is 0 Å². The van der Waals surface area contributed by atoms with Crippen molar-refractivity contribution in [2.45, 2.75) is 6.54 Å². The van der Waals surface area contributed by atoms with Crippen LogP contribution in [0.1, 0.15) is 16.1 Å². The van der Waals surface area contributed by atoms with Gasteiger partial charge in [0.2, 0.25) is 0 Å². The van der Waals surface area contributed by atoms with E-state index in [0.717, 1.165) is 27.7 Å². The lowest BCUT2D eigenvalue weighted by molar-refractivity contribution is 0.0952. The first-order valence-electron chi connectivity index (χ1n) is 8.42. The molecule has 26 heavy (non-hydrogen) atoms. The molecule has 0 saturated heterocycles. The fourth-order valence-electron chi connectivity index (χ4n) is 3.14. The number of carbonyl (C=O) groups is 1. The second-order valence-electron chi connectivity index (χ2n) is 6.05. The van der Waals surface area contributed by atoms with Crippen LogP contribution in [0.25, 0.3) is 22.0 Å². The van der Waals surface area contributed by atoms with Gasteiger partial charge in [0.05, 0.1) is 17.9 Å². The van der Waals surface area contributed by atoms with Crippen LogP contribution in [-0.2, 0) is 13.6 Å². The first kappa shape index (κ1) is 16.0. The van der Waals surface area contributed by atoms with Gasteiger partial charge >= 0.3 is 0 Å². The Bertz CT molecular complexity index is 1070. The van der Waals surface area contributed by atoms with Gasteiger partial charge < -0.3 is 5.32 Å².